The van der Waals surface area contributed by atoms with Crippen molar-refractivity contribution in [2.24, 2.45) is 5.92 Å². The van der Waals surface area contributed by atoms with Gasteiger partial charge in [0, 0.05) is 30.2 Å². The summed E-state index contributed by atoms with van der Waals surface area (Å²) in [6, 6.07) is 0.707. The van der Waals surface area contributed by atoms with E-state index in [1.54, 1.807) is 11.3 Å². The van der Waals surface area contributed by atoms with Gasteiger partial charge >= 0.3 is 6.09 Å². The number of nitrogens with one attached hydrogen (secondary N) is 1. The molecule has 1 aromatic rings. The second-order valence-corrected chi connectivity index (χ2v) is 8.46. The minimum absolute atomic E-state index is 0.153. The number of carbonyl (C=O) groups is 1. The quantitative estimate of drug-likeness (QED) is 0.901. The fourth-order valence-corrected chi connectivity index (χ4v) is 4.46. The number of amides is 1. The van der Waals surface area contributed by atoms with Crippen molar-refractivity contribution >= 4 is 22.6 Å². The minimum Gasteiger partial charge on any atom is -0.444 e. The number of nitrogens with zero attached hydrogens (tertiary/aromatic N) is 2. The van der Waals surface area contributed by atoms with Crippen molar-refractivity contribution < 1.29 is 9.53 Å². The van der Waals surface area contributed by atoms with E-state index in [1.807, 2.05) is 37.2 Å². The Morgan fingerprint density at radius 3 is 2.87 bits per heavy atom. The summed E-state index contributed by atoms with van der Waals surface area (Å²) >= 11 is 1.64. The van der Waals surface area contributed by atoms with Crippen molar-refractivity contribution in [2.75, 3.05) is 11.9 Å². The summed E-state index contributed by atoms with van der Waals surface area (Å²) in [6.07, 6.45) is 7.38. The van der Waals surface area contributed by atoms with E-state index in [-0.39, 0.29) is 6.09 Å². The van der Waals surface area contributed by atoms with Crippen molar-refractivity contribution in [3.05, 3.63) is 11.6 Å². The van der Waals surface area contributed by atoms with Crippen LogP contribution in [0, 0.1) is 5.92 Å². The predicted molar refractivity (Wildman–Crippen MR) is 92.8 cm³/mol. The third-order valence-corrected chi connectivity index (χ3v) is 5.44. The lowest BCUT2D eigenvalue weighted by Gasteiger charge is -2.34. The summed E-state index contributed by atoms with van der Waals surface area (Å²) in [5, 5.41) is 6.57. The molecule has 0 bridgehead atoms. The third-order valence-electron chi connectivity index (χ3n) is 4.73. The van der Waals surface area contributed by atoms with Gasteiger partial charge in [-0.05, 0) is 52.4 Å². The molecular formula is C17H27N3O2S. The molecule has 2 heterocycles. The first-order valence-corrected chi connectivity index (χ1v) is 9.48. The van der Waals surface area contributed by atoms with E-state index < -0.39 is 5.60 Å². The van der Waals surface area contributed by atoms with Crippen LogP contribution >= 0.6 is 11.3 Å². The molecule has 1 saturated carbocycles. The number of rotatable bonds is 3. The number of aromatic nitrogens is 1. The summed E-state index contributed by atoms with van der Waals surface area (Å²) in [6.45, 7) is 6.61. The molecule has 128 valence electrons. The Kier molecular flexibility index (Phi) is 4.80. The van der Waals surface area contributed by atoms with Crippen LogP contribution in [0.5, 0.6) is 0 Å². The van der Waals surface area contributed by atoms with E-state index in [4.69, 9.17) is 4.74 Å². The SMILES string of the molecule is CC(C)(C)OC(=O)N1CCCC1C1CCCC1Nc1nccs1. The average molecular weight is 337 g/mol. The third kappa shape index (κ3) is 3.97. The molecule has 3 unspecified atom stereocenters. The number of likely N-dealkylation sites (tertiary alicyclic amines) is 1. The van der Waals surface area contributed by atoms with E-state index in [0.29, 0.717) is 18.0 Å². The summed E-state index contributed by atoms with van der Waals surface area (Å²) in [5.41, 5.74) is -0.432. The number of hydrogen-bond donors (Lipinski definition) is 1. The Morgan fingerprint density at radius 1 is 1.35 bits per heavy atom. The standard InChI is InChI=1S/C17H27N3O2S/c1-17(2,3)22-16(21)20-10-5-8-14(20)12-6-4-7-13(12)19-15-18-9-11-23-15/h9,11-14H,4-8,10H2,1-3H3,(H,18,19). The van der Waals surface area contributed by atoms with Crippen LogP contribution in [-0.2, 0) is 4.74 Å². The van der Waals surface area contributed by atoms with Crippen molar-refractivity contribution in [3.63, 3.8) is 0 Å². The molecule has 1 aliphatic carbocycles. The van der Waals surface area contributed by atoms with Crippen molar-refractivity contribution in [1.82, 2.24) is 9.88 Å². The Balaban J connectivity index is 1.67. The monoisotopic (exact) mass is 337 g/mol. The minimum atomic E-state index is -0.432. The van der Waals surface area contributed by atoms with Crippen LogP contribution in [0.4, 0.5) is 9.93 Å². The second-order valence-electron chi connectivity index (χ2n) is 7.57. The highest BCUT2D eigenvalue weighted by atomic mass is 32.1. The first-order valence-electron chi connectivity index (χ1n) is 8.60. The Bertz CT molecular complexity index is 526. The van der Waals surface area contributed by atoms with Crippen LogP contribution in [0.2, 0.25) is 0 Å². The topological polar surface area (TPSA) is 54.5 Å². The van der Waals surface area contributed by atoms with Crippen molar-refractivity contribution in [1.29, 1.82) is 0 Å². The Hall–Kier alpha value is -1.30. The van der Waals surface area contributed by atoms with Gasteiger partial charge in [-0.3, -0.25) is 0 Å². The molecule has 2 aliphatic rings. The van der Waals surface area contributed by atoms with Gasteiger partial charge in [0.2, 0.25) is 0 Å². The highest BCUT2D eigenvalue weighted by molar-refractivity contribution is 7.13. The zero-order chi connectivity index (χ0) is 16.4. The molecule has 0 spiro atoms. The van der Waals surface area contributed by atoms with Crippen LogP contribution in [-0.4, -0.2) is 40.2 Å². The molecule has 1 amide bonds. The van der Waals surface area contributed by atoms with Crippen LogP contribution in [0.15, 0.2) is 11.6 Å². The molecule has 1 saturated heterocycles. The van der Waals surface area contributed by atoms with Gasteiger partial charge in [-0.25, -0.2) is 9.78 Å². The maximum Gasteiger partial charge on any atom is 0.410 e. The summed E-state index contributed by atoms with van der Waals surface area (Å²) in [5.74, 6) is 0.494. The number of thiazole rings is 1. The van der Waals surface area contributed by atoms with Crippen molar-refractivity contribution in [3.8, 4) is 0 Å². The number of carbonyl (C=O) groups excluding carboxylic acids is 1. The molecule has 3 rings (SSSR count). The molecule has 0 radical (unpaired) electrons. The van der Waals surface area contributed by atoms with Crippen LogP contribution < -0.4 is 5.32 Å². The van der Waals surface area contributed by atoms with Gasteiger partial charge in [0.05, 0.1) is 0 Å². The van der Waals surface area contributed by atoms with E-state index >= 15 is 0 Å². The Morgan fingerprint density at radius 2 is 2.17 bits per heavy atom. The van der Waals surface area contributed by atoms with Crippen molar-refractivity contribution in [2.45, 2.75) is 70.6 Å². The molecule has 5 nitrogen and oxygen atoms in total. The van der Waals surface area contributed by atoms with Gasteiger partial charge < -0.3 is 15.0 Å². The molecule has 6 heteroatoms. The number of anilines is 1. The van der Waals surface area contributed by atoms with Crippen LogP contribution in [0.1, 0.15) is 52.9 Å². The molecule has 2 fully saturated rings. The van der Waals surface area contributed by atoms with Gasteiger partial charge in [-0.1, -0.05) is 6.42 Å². The van der Waals surface area contributed by atoms with E-state index in [1.165, 1.54) is 12.8 Å². The fourth-order valence-electron chi connectivity index (χ4n) is 3.87. The van der Waals surface area contributed by atoms with Crippen LogP contribution in [0.3, 0.4) is 0 Å². The van der Waals surface area contributed by atoms with Crippen LogP contribution in [0.25, 0.3) is 0 Å². The lowest BCUT2D eigenvalue weighted by atomic mass is 9.92. The second kappa shape index (κ2) is 6.67. The largest absolute Gasteiger partial charge is 0.444 e. The summed E-state index contributed by atoms with van der Waals surface area (Å²) in [4.78, 5) is 18.8. The normalized spacial score (nSPS) is 28.1. The molecule has 1 aliphatic heterocycles. The number of ether oxygens (including phenoxy) is 1. The predicted octanol–water partition coefficient (Wildman–Crippen LogP) is 4.12. The van der Waals surface area contributed by atoms with E-state index in [0.717, 1.165) is 30.9 Å². The summed E-state index contributed by atoms with van der Waals surface area (Å²) in [7, 11) is 0. The average Bonchev–Trinajstić information content (AvgIpc) is 3.17. The van der Waals surface area contributed by atoms with Gasteiger partial charge in [-0.15, -0.1) is 11.3 Å². The molecular weight excluding hydrogens is 310 g/mol. The zero-order valence-corrected chi connectivity index (χ0v) is 15.1. The fraction of sp³-hybridized carbons (Fsp3) is 0.765. The van der Waals surface area contributed by atoms with Gasteiger partial charge in [0.1, 0.15) is 5.60 Å². The zero-order valence-electron chi connectivity index (χ0n) is 14.2. The molecule has 23 heavy (non-hydrogen) atoms. The first kappa shape index (κ1) is 16.6. The van der Waals surface area contributed by atoms with Gasteiger partial charge in [0.25, 0.3) is 0 Å². The lowest BCUT2D eigenvalue weighted by molar-refractivity contribution is 0.0175. The Labute approximate surface area is 142 Å². The van der Waals surface area contributed by atoms with Gasteiger partial charge in [-0.2, -0.15) is 0 Å². The molecule has 3 atom stereocenters. The smallest absolute Gasteiger partial charge is 0.410 e. The highest BCUT2D eigenvalue weighted by Gasteiger charge is 2.42. The van der Waals surface area contributed by atoms with E-state index in [9.17, 15) is 4.79 Å². The maximum absolute atomic E-state index is 12.5. The van der Waals surface area contributed by atoms with E-state index in [2.05, 4.69) is 10.3 Å². The maximum atomic E-state index is 12.5. The lowest BCUT2D eigenvalue weighted by Crippen LogP contribution is -2.46. The van der Waals surface area contributed by atoms with Gasteiger partial charge in [0.15, 0.2) is 5.13 Å². The molecule has 1 N–H and O–H groups in total. The first-order chi connectivity index (χ1) is 10.9. The number of hydrogen-bond acceptors (Lipinski definition) is 5. The molecule has 1 aromatic heterocycles. The molecule has 0 aromatic carbocycles. The summed E-state index contributed by atoms with van der Waals surface area (Å²) < 4.78 is 5.61. The highest BCUT2D eigenvalue weighted by Crippen LogP contribution is 2.38.